The van der Waals surface area contributed by atoms with Crippen LogP contribution < -0.4 is 4.90 Å². The molecule has 4 aromatic rings. The van der Waals surface area contributed by atoms with E-state index in [2.05, 4.69) is 20.3 Å². The molecule has 4 aliphatic rings. The molecule has 0 amide bonds. The van der Waals surface area contributed by atoms with Gasteiger partial charge in [-0.15, -0.1) is 10.2 Å². The molecule has 3 aromatic heterocycles. The second kappa shape index (κ2) is 6.82. The van der Waals surface area contributed by atoms with Crippen LogP contribution in [0.2, 0.25) is 0 Å². The van der Waals surface area contributed by atoms with Crippen molar-refractivity contribution in [3.63, 3.8) is 0 Å². The molecule has 8 rings (SSSR count). The maximum Gasteiger partial charge on any atom is 0.168 e. The smallest absolute Gasteiger partial charge is 0.168 e. The lowest BCUT2D eigenvalue weighted by Gasteiger charge is -2.69. The second-order valence-corrected chi connectivity index (χ2v) is 10.1. The standard InChI is InChI=1S/C24H23F2N7O/c25-14-3-4-17(26)15(8-14)18-2-1-6-32(18)19-5-7-33-21(28-19)16(9-27-33)20-29-22(31-30-20)24-10-23(11-24,12-24)13-34/h3-5,7-9,18,34H,1-2,6,10-13H2,(H,29,30,31)/t18-,23?,24?/m1/s1. The number of hydrogen-bond donors (Lipinski definition) is 2. The zero-order valence-corrected chi connectivity index (χ0v) is 18.4. The van der Waals surface area contributed by atoms with Gasteiger partial charge in [0, 0.05) is 30.3 Å². The van der Waals surface area contributed by atoms with E-state index >= 15 is 0 Å². The number of halogens is 2. The van der Waals surface area contributed by atoms with Gasteiger partial charge < -0.3 is 15.0 Å². The van der Waals surface area contributed by atoms with Gasteiger partial charge in [0.05, 0.1) is 17.8 Å². The Balaban J connectivity index is 1.22. The summed E-state index contributed by atoms with van der Waals surface area (Å²) in [7, 11) is 0. The quantitative estimate of drug-likeness (QED) is 0.470. The summed E-state index contributed by atoms with van der Waals surface area (Å²) in [5.74, 6) is 1.29. The van der Waals surface area contributed by atoms with Crippen LogP contribution in [0.25, 0.3) is 17.0 Å². The molecule has 1 aliphatic heterocycles. The molecule has 2 bridgehead atoms. The molecule has 0 spiro atoms. The minimum atomic E-state index is -0.445. The highest BCUT2D eigenvalue weighted by Crippen LogP contribution is 2.72. The molecule has 3 aliphatic carbocycles. The fourth-order valence-corrected chi connectivity index (χ4v) is 6.36. The first-order chi connectivity index (χ1) is 16.5. The van der Waals surface area contributed by atoms with Gasteiger partial charge in [-0.3, -0.25) is 0 Å². The van der Waals surface area contributed by atoms with Crippen LogP contribution in [-0.4, -0.2) is 48.0 Å². The van der Waals surface area contributed by atoms with Crippen molar-refractivity contribution in [3.8, 4) is 11.4 Å². The Labute approximate surface area is 193 Å². The zero-order chi connectivity index (χ0) is 23.1. The third-order valence-electron chi connectivity index (χ3n) is 7.94. The van der Waals surface area contributed by atoms with Crippen molar-refractivity contribution >= 4 is 11.5 Å². The van der Waals surface area contributed by atoms with Gasteiger partial charge in [0.15, 0.2) is 11.5 Å². The Morgan fingerprint density at radius 2 is 2.00 bits per heavy atom. The van der Waals surface area contributed by atoms with E-state index in [-0.39, 0.29) is 23.5 Å². The molecule has 174 valence electrons. The molecular formula is C24H23F2N7O. The van der Waals surface area contributed by atoms with Gasteiger partial charge >= 0.3 is 0 Å². The maximum absolute atomic E-state index is 14.5. The number of H-pyrrole nitrogens is 1. The van der Waals surface area contributed by atoms with Crippen LogP contribution in [0.4, 0.5) is 14.6 Å². The third-order valence-corrected chi connectivity index (χ3v) is 7.94. The van der Waals surface area contributed by atoms with E-state index in [1.807, 2.05) is 17.2 Å². The van der Waals surface area contributed by atoms with E-state index in [0.717, 1.165) is 49.6 Å². The Morgan fingerprint density at radius 3 is 2.82 bits per heavy atom. The Kier molecular flexibility index (Phi) is 4.01. The van der Waals surface area contributed by atoms with Crippen molar-refractivity contribution in [2.45, 2.75) is 43.6 Å². The summed E-state index contributed by atoms with van der Waals surface area (Å²) < 4.78 is 30.1. The molecule has 4 heterocycles. The van der Waals surface area contributed by atoms with Crippen molar-refractivity contribution in [3.05, 3.63) is 59.7 Å². The van der Waals surface area contributed by atoms with Gasteiger partial charge in [0.2, 0.25) is 0 Å². The molecule has 0 unspecified atom stereocenters. The van der Waals surface area contributed by atoms with Gasteiger partial charge in [0.1, 0.15) is 23.3 Å². The number of hydrogen-bond acceptors (Lipinski definition) is 6. The van der Waals surface area contributed by atoms with Crippen LogP contribution in [0.1, 0.15) is 49.5 Å². The first-order valence-electron chi connectivity index (χ1n) is 11.6. The van der Waals surface area contributed by atoms with Gasteiger partial charge in [-0.2, -0.15) is 5.10 Å². The van der Waals surface area contributed by atoms with Gasteiger partial charge in [-0.05, 0) is 61.8 Å². The van der Waals surface area contributed by atoms with Crippen molar-refractivity contribution in [1.29, 1.82) is 0 Å². The number of anilines is 1. The number of aromatic amines is 1. The predicted molar refractivity (Wildman–Crippen MR) is 119 cm³/mol. The summed E-state index contributed by atoms with van der Waals surface area (Å²) in [6.07, 6.45) is 7.94. The fourth-order valence-electron chi connectivity index (χ4n) is 6.36. The Hall–Kier alpha value is -3.40. The van der Waals surface area contributed by atoms with Crippen LogP contribution in [0.5, 0.6) is 0 Å². The van der Waals surface area contributed by atoms with E-state index in [4.69, 9.17) is 4.98 Å². The Morgan fingerprint density at radius 1 is 1.15 bits per heavy atom. The lowest BCUT2D eigenvalue weighted by molar-refractivity contribution is -0.171. The molecule has 2 N–H and O–H groups in total. The fraction of sp³-hybridized carbons (Fsp3) is 0.417. The summed E-state index contributed by atoms with van der Waals surface area (Å²) in [4.78, 5) is 10.2. The predicted octanol–water partition coefficient (Wildman–Crippen LogP) is 3.55. The minimum absolute atomic E-state index is 0.00728. The van der Waals surface area contributed by atoms with Crippen LogP contribution >= 0.6 is 0 Å². The molecule has 1 aromatic carbocycles. The highest BCUT2D eigenvalue weighted by atomic mass is 19.1. The maximum atomic E-state index is 14.5. The summed E-state index contributed by atoms with van der Waals surface area (Å²) in [5, 5.41) is 22.7. The largest absolute Gasteiger partial charge is 0.396 e. The number of aliphatic hydroxyl groups excluding tert-OH is 1. The zero-order valence-electron chi connectivity index (χ0n) is 18.4. The Bertz CT molecular complexity index is 1410. The molecule has 8 nitrogen and oxygen atoms in total. The van der Waals surface area contributed by atoms with Gasteiger partial charge in [0.25, 0.3) is 0 Å². The number of fused-ring (bicyclic) bond motifs is 1. The van der Waals surface area contributed by atoms with Crippen molar-refractivity contribution in [2.24, 2.45) is 5.41 Å². The normalized spacial score (nSPS) is 27.7. The van der Waals surface area contributed by atoms with Gasteiger partial charge in [-0.25, -0.2) is 18.3 Å². The van der Waals surface area contributed by atoms with Crippen molar-refractivity contribution in [1.82, 2.24) is 29.8 Å². The minimum Gasteiger partial charge on any atom is -0.396 e. The van der Waals surface area contributed by atoms with E-state index in [9.17, 15) is 13.9 Å². The molecule has 1 saturated heterocycles. The average molecular weight is 463 g/mol. The number of nitrogens with zero attached hydrogens (tertiary/aromatic N) is 6. The van der Waals surface area contributed by atoms with Gasteiger partial charge in [-0.1, -0.05) is 0 Å². The highest BCUT2D eigenvalue weighted by Gasteiger charge is 2.69. The molecule has 1 atom stereocenters. The molecule has 34 heavy (non-hydrogen) atoms. The number of aromatic nitrogens is 6. The second-order valence-electron chi connectivity index (χ2n) is 10.1. The van der Waals surface area contributed by atoms with Crippen molar-refractivity contribution < 1.29 is 13.9 Å². The lowest BCUT2D eigenvalue weighted by Crippen LogP contribution is -2.66. The number of benzene rings is 1. The molecule has 0 radical (unpaired) electrons. The molecule has 10 heteroatoms. The summed E-state index contributed by atoms with van der Waals surface area (Å²) >= 11 is 0. The van der Waals surface area contributed by atoms with Crippen LogP contribution in [0.3, 0.4) is 0 Å². The van der Waals surface area contributed by atoms with E-state index < -0.39 is 11.6 Å². The SMILES string of the molecule is OCC12CC(c3nnc(-c4cnn5ccc(N6CCC[C@@H]6c6cc(F)ccc6F)nc45)[nH]3)(C1)C2. The van der Waals surface area contributed by atoms with E-state index in [1.165, 1.54) is 12.1 Å². The van der Waals surface area contributed by atoms with Crippen LogP contribution in [0.15, 0.2) is 36.7 Å². The molecular weight excluding hydrogens is 440 g/mol. The average Bonchev–Trinajstić information content (AvgIpc) is 3.52. The summed E-state index contributed by atoms with van der Waals surface area (Å²) in [6.45, 7) is 0.933. The molecule has 3 saturated carbocycles. The van der Waals surface area contributed by atoms with E-state index in [0.29, 0.717) is 29.4 Å². The van der Waals surface area contributed by atoms with Crippen molar-refractivity contribution in [2.75, 3.05) is 18.1 Å². The topological polar surface area (TPSA) is 95.2 Å². The summed E-state index contributed by atoms with van der Waals surface area (Å²) in [5.41, 5.74) is 1.80. The molecule has 4 fully saturated rings. The third kappa shape index (κ3) is 2.71. The summed E-state index contributed by atoms with van der Waals surface area (Å²) in [6, 6.07) is 5.17. The first kappa shape index (κ1) is 20.0. The van der Waals surface area contributed by atoms with Crippen LogP contribution in [-0.2, 0) is 5.41 Å². The van der Waals surface area contributed by atoms with Crippen LogP contribution in [0, 0.1) is 17.0 Å². The van der Waals surface area contributed by atoms with E-state index in [1.54, 1.807) is 10.7 Å². The lowest BCUT2D eigenvalue weighted by atomic mass is 9.35. The number of aliphatic hydroxyl groups is 1. The highest BCUT2D eigenvalue weighted by molar-refractivity contribution is 5.73. The monoisotopic (exact) mass is 463 g/mol. The number of nitrogens with one attached hydrogen (secondary N) is 1. The first-order valence-corrected chi connectivity index (χ1v) is 11.6. The number of rotatable bonds is 5.